The van der Waals surface area contributed by atoms with Gasteiger partial charge in [-0.05, 0) is 63.5 Å². The van der Waals surface area contributed by atoms with Crippen LogP contribution in [0.5, 0.6) is 0 Å². The van der Waals surface area contributed by atoms with Crippen LogP contribution in [-0.4, -0.2) is 0 Å². The molecule has 0 fully saturated rings. The van der Waals surface area contributed by atoms with Crippen molar-refractivity contribution in [2.24, 2.45) is 0 Å². The van der Waals surface area contributed by atoms with Crippen LogP contribution in [0.3, 0.4) is 0 Å². The van der Waals surface area contributed by atoms with E-state index in [1.54, 1.807) is 0 Å². The van der Waals surface area contributed by atoms with Crippen molar-refractivity contribution in [3.63, 3.8) is 0 Å². The molecule has 0 saturated carbocycles. The van der Waals surface area contributed by atoms with Gasteiger partial charge in [-0.3, -0.25) is 0 Å². The molecule has 0 aliphatic carbocycles. The predicted molar refractivity (Wildman–Crippen MR) is 102 cm³/mol. The average Bonchev–Trinajstić information content (AvgIpc) is 2.54. The van der Waals surface area contributed by atoms with Gasteiger partial charge in [0.2, 0.25) is 0 Å². The second-order valence-electron chi connectivity index (χ2n) is 5.49. The Bertz CT molecular complexity index is 1050. The van der Waals surface area contributed by atoms with Crippen LogP contribution in [0.25, 0.3) is 32.7 Å². The zero-order valence-corrected chi connectivity index (χ0v) is 14.3. The van der Waals surface area contributed by atoms with Crippen LogP contribution in [0.2, 0.25) is 15.1 Å². The summed E-state index contributed by atoms with van der Waals surface area (Å²) in [5.41, 5.74) is 2.11. The molecular weight excluding hydrogens is 347 g/mol. The van der Waals surface area contributed by atoms with Gasteiger partial charge in [0.1, 0.15) is 0 Å². The molecule has 4 aromatic rings. The molecule has 0 radical (unpaired) electrons. The second kappa shape index (κ2) is 5.72. The lowest BCUT2D eigenvalue weighted by Gasteiger charge is -2.11. The Labute approximate surface area is 149 Å². The first-order valence-corrected chi connectivity index (χ1v) is 8.33. The molecule has 0 aliphatic rings. The average molecular weight is 358 g/mol. The highest BCUT2D eigenvalue weighted by Gasteiger charge is 2.10. The van der Waals surface area contributed by atoms with Gasteiger partial charge in [-0.25, -0.2) is 0 Å². The Balaban J connectivity index is 2.01. The summed E-state index contributed by atoms with van der Waals surface area (Å²) in [6, 6.07) is 22.0. The van der Waals surface area contributed by atoms with Gasteiger partial charge in [-0.2, -0.15) is 0 Å². The molecule has 0 spiro atoms. The summed E-state index contributed by atoms with van der Waals surface area (Å²) in [6.07, 6.45) is 0. The van der Waals surface area contributed by atoms with Gasteiger partial charge in [0, 0.05) is 20.6 Å². The van der Waals surface area contributed by atoms with Crippen LogP contribution in [0, 0.1) is 0 Å². The zero-order valence-electron chi connectivity index (χ0n) is 12.0. The van der Waals surface area contributed by atoms with Gasteiger partial charge < -0.3 is 0 Å². The van der Waals surface area contributed by atoms with Gasteiger partial charge in [0.05, 0.1) is 0 Å². The first-order chi connectivity index (χ1) is 11.1. The number of benzene rings is 4. The maximum atomic E-state index is 6.50. The van der Waals surface area contributed by atoms with Gasteiger partial charge >= 0.3 is 0 Å². The Morgan fingerprint density at radius 2 is 1.13 bits per heavy atom. The molecule has 0 heterocycles. The Hall–Kier alpha value is -1.73. The molecule has 4 aromatic carbocycles. The topological polar surface area (TPSA) is 0 Å². The predicted octanol–water partition coefficient (Wildman–Crippen LogP) is 7.62. The molecular formula is C20H11Cl3. The number of fused-ring (bicyclic) bond motifs is 2. The smallest absolute Gasteiger partial charge is 0.0490 e. The first-order valence-electron chi connectivity index (χ1n) is 7.19. The van der Waals surface area contributed by atoms with E-state index >= 15 is 0 Å². The van der Waals surface area contributed by atoms with Crippen molar-refractivity contribution in [2.75, 3.05) is 0 Å². The van der Waals surface area contributed by atoms with Crippen molar-refractivity contribution >= 4 is 56.3 Å². The van der Waals surface area contributed by atoms with Gasteiger partial charge in [-0.1, -0.05) is 65.1 Å². The summed E-state index contributed by atoms with van der Waals surface area (Å²) >= 11 is 18.7. The molecule has 0 aromatic heterocycles. The zero-order chi connectivity index (χ0) is 16.0. The lowest BCUT2D eigenvalue weighted by Crippen LogP contribution is -1.84. The van der Waals surface area contributed by atoms with Crippen molar-refractivity contribution < 1.29 is 0 Å². The van der Waals surface area contributed by atoms with E-state index in [1.807, 2.05) is 48.5 Å². The fraction of sp³-hybridized carbons (Fsp3) is 0. The molecule has 4 rings (SSSR count). The maximum Gasteiger partial charge on any atom is 0.0490 e. The minimum absolute atomic E-state index is 0.721. The third-order valence-corrected chi connectivity index (χ3v) is 4.81. The SMILES string of the molecule is Clc1ccc2cc(-c3c(Cl)ccc4cc(Cl)ccc34)ccc2c1. The summed E-state index contributed by atoms with van der Waals surface area (Å²) < 4.78 is 0. The number of halogens is 3. The molecule has 112 valence electrons. The van der Waals surface area contributed by atoms with Crippen molar-refractivity contribution in [3.8, 4) is 11.1 Å². The summed E-state index contributed by atoms with van der Waals surface area (Å²) in [4.78, 5) is 0. The van der Waals surface area contributed by atoms with Crippen molar-refractivity contribution in [2.45, 2.75) is 0 Å². The van der Waals surface area contributed by atoms with Crippen LogP contribution in [0.15, 0.2) is 66.7 Å². The van der Waals surface area contributed by atoms with Crippen LogP contribution in [0.4, 0.5) is 0 Å². The molecule has 0 unspecified atom stereocenters. The highest BCUT2D eigenvalue weighted by atomic mass is 35.5. The molecule has 0 N–H and O–H groups in total. The van der Waals surface area contributed by atoms with Gasteiger partial charge in [-0.15, -0.1) is 0 Å². The minimum Gasteiger partial charge on any atom is -0.0843 e. The van der Waals surface area contributed by atoms with Crippen LogP contribution in [-0.2, 0) is 0 Å². The van der Waals surface area contributed by atoms with E-state index in [0.29, 0.717) is 0 Å². The number of hydrogen-bond acceptors (Lipinski definition) is 0. The Morgan fingerprint density at radius 3 is 1.96 bits per heavy atom. The van der Waals surface area contributed by atoms with E-state index in [4.69, 9.17) is 34.8 Å². The van der Waals surface area contributed by atoms with Crippen molar-refractivity contribution in [1.82, 2.24) is 0 Å². The Morgan fingerprint density at radius 1 is 0.522 bits per heavy atom. The van der Waals surface area contributed by atoms with Gasteiger partial charge in [0.25, 0.3) is 0 Å². The first kappa shape index (κ1) is 14.8. The lowest BCUT2D eigenvalue weighted by molar-refractivity contribution is 1.67. The largest absolute Gasteiger partial charge is 0.0843 e. The molecule has 0 aliphatic heterocycles. The molecule has 0 nitrogen and oxygen atoms in total. The molecule has 0 bridgehead atoms. The third-order valence-electron chi connectivity index (χ3n) is 4.02. The normalized spacial score (nSPS) is 11.3. The summed E-state index contributed by atoms with van der Waals surface area (Å²) in [7, 11) is 0. The maximum absolute atomic E-state index is 6.50. The Kier molecular flexibility index (Phi) is 3.69. The lowest BCUT2D eigenvalue weighted by atomic mass is 9.96. The van der Waals surface area contributed by atoms with E-state index in [9.17, 15) is 0 Å². The third kappa shape index (κ3) is 2.68. The van der Waals surface area contributed by atoms with Crippen LogP contribution in [0.1, 0.15) is 0 Å². The van der Waals surface area contributed by atoms with E-state index in [0.717, 1.165) is 47.7 Å². The monoisotopic (exact) mass is 356 g/mol. The second-order valence-corrected chi connectivity index (χ2v) is 6.77. The highest BCUT2D eigenvalue weighted by molar-refractivity contribution is 6.36. The molecule has 0 atom stereocenters. The minimum atomic E-state index is 0.721. The fourth-order valence-corrected chi connectivity index (χ4v) is 3.57. The fourth-order valence-electron chi connectivity index (χ4n) is 2.94. The van der Waals surface area contributed by atoms with E-state index < -0.39 is 0 Å². The van der Waals surface area contributed by atoms with E-state index in [1.165, 1.54) is 0 Å². The molecule has 0 amide bonds. The molecule has 23 heavy (non-hydrogen) atoms. The number of hydrogen-bond donors (Lipinski definition) is 0. The van der Waals surface area contributed by atoms with Crippen molar-refractivity contribution in [1.29, 1.82) is 0 Å². The summed E-state index contributed by atoms with van der Waals surface area (Å²) in [6.45, 7) is 0. The summed E-state index contributed by atoms with van der Waals surface area (Å²) in [5, 5.41) is 6.60. The number of rotatable bonds is 1. The van der Waals surface area contributed by atoms with Crippen LogP contribution >= 0.6 is 34.8 Å². The quantitative estimate of drug-likeness (QED) is 0.328. The van der Waals surface area contributed by atoms with E-state index in [-0.39, 0.29) is 0 Å². The van der Waals surface area contributed by atoms with Gasteiger partial charge in [0.15, 0.2) is 0 Å². The molecule has 3 heteroatoms. The summed E-state index contributed by atoms with van der Waals surface area (Å²) in [5.74, 6) is 0. The van der Waals surface area contributed by atoms with E-state index in [2.05, 4.69) is 18.2 Å². The van der Waals surface area contributed by atoms with Crippen molar-refractivity contribution in [3.05, 3.63) is 81.8 Å². The standard InChI is InChI=1S/C20H11Cl3/c21-16-5-3-12-9-15(2-1-13(12)10-16)20-18-7-6-17(22)11-14(18)4-8-19(20)23/h1-11H. The van der Waals surface area contributed by atoms with Crippen LogP contribution < -0.4 is 0 Å². The molecule has 0 saturated heterocycles. The highest BCUT2D eigenvalue weighted by Crippen LogP contribution is 2.37.